The quantitative estimate of drug-likeness (QED) is 0.870. The molecule has 0 aliphatic carbocycles. The fraction of sp³-hybridized carbons (Fsp3) is 0.769. The number of rotatable bonds is 6. The van der Waals surface area contributed by atoms with E-state index in [1.807, 2.05) is 16.4 Å². The Morgan fingerprint density at radius 2 is 2.44 bits per heavy atom. The third-order valence-corrected chi connectivity index (χ3v) is 4.96. The molecule has 3 nitrogen and oxygen atoms in total. The van der Waals surface area contributed by atoms with Crippen molar-refractivity contribution < 1.29 is 0 Å². The maximum Gasteiger partial charge on any atom is 0.0834 e. The summed E-state index contributed by atoms with van der Waals surface area (Å²) >= 11 is 8.39. The molecule has 0 aromatic carbocycles. The number of hydrogen-bond donors (Lipinski definition) is 1. The van der Waals surface area contributed by atoms with E-state index in [2.05, 4.69) is 24.3 Å². The molecule has 1 N–H and O–H groups in total. The standard InChI is InChI=1S/C13H22ClN3S/c1-3-6-15-12(10-5-7-18-9-10)13-11(14)8-16-17(13)4-2/h8,10,12,15H,3-7,9H2,1-2H3. The zero-order chi connectivity index (χ0) is 13.0. The van der Waals surface area contributed by atoms with Crippen LogP contribution in [0.5, 0.6) is 0 Å². The van der Waals surface area contributed by atoms with Gasteiger partial charge in [0.25, 0.3) is 0 Å². The van der Waals surface area contributed by atoms with E-state index >= 15 is 0 Å². The van der Waals surface area contributed by atoms with Crippen LogP contribution in [-0.2, 0) is 6.54 Å². The van der Waals surface area contributed by atoms with Gasteiger partial charge in [0, 0.05) is 6.54 Å². The minimum Gasteiger partial charge on any atom is -0.308 e. The minimum atomic E-state index is 0.356. The van der Waals surface area contributed by atoms with E-state index in [9.17, 15) is 0 Å². The monoisotopic (exact) mass is 287 g/mol. The Bertz CT molecular complexity index is 374. The molecule has 5 heteroatoms. The molecule has 1 aliphatic heterocycles. The van der Waals surface area contributed by atoms with Crippen molar-refractivity contribution in [3.05, 3.63) is 16.9 Å². The van der Waals surface area contributed by atoms with E-state index in [0.717, 1.165) is 24.5 Å². The summed E-state index contributed by atoms with van der Waals surface area (Å²) in [6.07, 6.45) is 4.20. The molecule has 0 amide bonds. The fourth-order valence-electron chi connectivity index (χ4n) is 2.54. The number of halogens is 1. The van der Waals surface area contributed by atoms with Crippen molar-refractivity contribution in [2.75, 3.05) is 18.1 Å². The van der Waals surface area contributed by atoms with Gasteiger partial charge in [-0.15, -0.1) is 0 Å². The number of nitrogens with zero attached hydrogens (tertiary/aromatic N) is 2. The van der Waals surface area contributed by atoms with Crippen LogP contribution in [0.4, 0.5) is 0 Å². The van der Waals surface area contributed by atoms with E-state index in [0.29, 0.717) is 12.0 Å². The first kappa shape index (κ1) is 14.2. The maximum atomic E-state index is 6.35. The van der Waals surface area contributed by atoms with Gasteiger partial charge in [-0.05, 0) is 43.7 Å². The topological polar surface area (TPSA) is 29.9 Å². The lowest BCUT2D eigenvalue weighted by Crippen LogP contribution is -2.31. The Morgan fingerprint density at radius 1 is 1.61 bits per heavy atom. The molecular weight excluding hydrogens is 266 g/mol. The first-order valence-electron chi connectivity index (χ1n) is 6.80. The van der Waals surface area contributed by atoms with Crippen molar-refractivity contribution in [2.45, 2.75) is 39.3 Å². The molecule has 2 atom stereocenters. The molecule has 1 aliphatic rings. The number of hydrogen-bond acceptors (Lipinski definition) is 3. The van der Waals surface area contributed by atoms with Gasteiger partial charge in [-0.1, -0.05) is 18.5 Å². The van der Waals surface area contributed by atoms with E-state index < -0.39 is 0 Å². The van der Waals surface area contributed by atoms with Crippen LogP contribution in [0.15, 0.2) is 6.20 Å². The second-order valence-corrected chi connectivity index (χ2v) is 6.31. The van der Waals surface area contributed by atoms with Crippen molar-refractivity contribution in [1.82, 2.24) is 15.1 Å². The predicted molar refractivity (Wildman–Crippen MR) is 79.4 cm³/mol. The highest BCUT2D eigenvalue weighted by molar-refractivity contribution is 7.99. The molecule has 0 spiro atoms. The van der Waals surface area contributed by atoms with E-state index in [-0.39, 0.29) is 0 Å². The fourth-order valence-corrected chi connectivity index (χ4v) is 4.09. The summed E-state index contributed by atoms with van der Waals surface area (Å²) in [6.45, 7) is 6.24. The van der Waals surface area contributed by atoms with Crippen molar-refractivity contribution in [2.24, 2.45) is 5.92 Å². The predicted octanol–water partition coefficient (Wildman–Crippen LogP) is 3.35. The summed E-state index contributed by atoms with van der Waals surface area (Å²) in [5.41, 5.74) is 1.18. The SMILES string of the molecule is CCCNC(c1c(Cl)cnn1CC)C1CCSC1. The van der Waals surface area contributed by atoms with Crippen molar-refractivity contribution in [3.63, 3.8) is 0 Å². The molecule has 2 unspecified atom stereocenters. The van der Waals surface area contributed by atoms with Gasteiger partial charge in [0.05, 0.1) is 23.0 Å². The largest absolute Gasteiger partial charge is 0.308 e. The molecule has 1 fully saturated rings. The molecule has 1 saturated heterocycles. The zero-order valence-corrected chi connectivity index (χ0v) is 12.7. The third kappa shape index (κ3) is 3.03. The van der Waals surface area contributed by atoms with Gasteiger partial charge in [0.2, 0.25) is 0 Å². The Balaban J connectivity index is 2.23. The van der Waals surface area contributed by atoms with Gasteiger partial charge >= 0.3 is 0 Å². The molecule has 0 radical (unpaired) electrons. The van der Waals surface area contributed by atoms with Crippen molar-refractivity contribution >= 4 is 23.4 Å². The van der Waals surface area contributed by atoms with Gasteiger partial charge in [-0.3, -0.25) is 4.68 Å². The molecule has 1 aromatic rings. The molecule has 1 aromatic heterocycles. The minimum absolute atomic E-state index is 0.356. The highest BCUT2D eigenvalue weighted by Crippen LogP contribution is 2.36. The van der Waals surface area contributed by atoms with Gasteiger partial charge < -0.3 is 5.32 Å². The molecule has 0 bridgehead atoms. The summed E-state index contributed by atoms with van der Waals surface area (Å²) in [5.74, 6) is 3.18. The lowest BCUT2D eigenvalue weighted by Gasteiger charge is -2.25. The summed E-state index contributed by atoms with van der Waals surface area (Å²) in [7, 11) is 0. The van der Waals surface area contributed by atoms with Crippen LogP contribution in [0.25, 0.3) is 0 Å². The van der Waals surface area contributed by atoms with Crippen molar-refractivity contribution in [3.8, 4) is 0 Å². The van der Waals surface area contributed by atoms with Gasteiger partial charge in [-0.2, -0.15) is 16.9 Å². The smallest absolute Gasteiger partial charge is 0.0834 e. The highest BCUT2D eigenvalue weighted by atomic mass is 35.5. The normalized spacial score (nSPS) is 21.4. The van der Waals surface area contributed by atoms with Gasteiger partial charge in [-0.25, -0.2) is 0 Å². The average molecular weight is 288 g/mol. The molecule has 0 saturated carbocycles. The molecule has 2 rings (SSSR count). The molecular formula is C13H22ClN3S. The summed E-state index contributed by atoms with van der Waals surface area (Å²) in [6, 6.07) is 0.356. The van der Waals surface area contributed by atoms with Crippen LogP contribution in [0.1, 0.15) is 38.4 Å². The summed E-state index contributed by atoms with van der Waals surface area (Å²) in [5, 5.41) is 8.85. The van der Waals surface area contributed by atoms with Crippen LogP contribution < -0.4 is 5.32 Å². The lowest BCUT2D eigenvalue weighted by molar-refractivity contribution is 0.369. The lowest BCUT2D eigenvalue weighted by atomic mass is 9.96. The molecule has 102 valence electrons. The Labute approximate surface area is 119 Å². The van der Waals surface area contributed by atoms with Crippen LogP contribution in [-0.4, -0.2) is 27.8 Å². The second kappa shape index (κ2) is 6.83. The third-order valence-electron chi connectivity index (χ3n) is 3.48. The average Bonchev–Trinajstić information content (AvgIpc) is 3.01. The Kier molecular flexibility index (Phi) is 5.39. The van der Waals surface area contributed by atoms with Crippen LogP contribution in [0.2, 0.25) is 5.02 Å². The zero-order valence-electron chi connectivity index (χ0n) is 11.2. The van der Waals surface area contributed by atoms with Crippen LogP contribution in [0.3, 0.4) is 0 Å². The number of aryl methyl sites for hydroxylation is 1. The summed E-state index contributed by atoms with van der Waals surface area (Å²) in [4.78, 5) is 0. The van der Waals surface area contributed by atoms with E-state index in [1.165, 1.54) is 23.6 Å². The maximum absolute atomic E-state index is 6.35. The van der Waals surface area contributed by atoms with E-state index in [4.69, 9.17) is 11.6 Å². The molecule has 2 heterocycles. The highest BCUT2D eigenvalue weighted by Gasteiger charge is 2.30. The van der Waals surface area contributed by atoms with Crippen LogP contribution >= 0.6 is 23.4 Å². The number of nitrogens with one attached hydrogen (secondary N) is 1. The van der Waals surface area contributed by atoms with Gasteiger partial charge in [0.15, 0.2) is 0 Å². The van der Waals surface area contributed by atoms with E-state index in [1.54, 1.807) is 6.20 Å². The Hall–Kier alpha value is -0.190. The van der Waals surface area contributed by atoms with Crippen LogP contribution in [0, 0.1) is 5.92 Å². The second-order valence-electron chi connectivity index (χ2n) is 4.75. The summed E-state index contributed by atoms with van der Waals surface area (Å²) < 4.78 is 2.04. The van der Waals surface area contributed by atoms with Gasteiger partial charge in [0.1, 0.15) is 0 Å². The van der Waals surface area contributed by atoms with Crippen molar-refractivity contribution in [1.29, 1.82) is 0 Å². The number of aromatic nitrogens is 2. The number of thioether (sulfide) groups is 1. The first-order valence-corrected chi connectivity index (χ1v) is 8.33. The molecule has 18 heavy (non-hydrogen) atoms. The first-order chi connectivity index (χ1) is 8.77. The Morgan fingerprint density at radius 3 is 3.06 bits per heavy atom.